The normalized spacial score (nSPS) is 14.0. The lowest BCUT2D eigenvalue weighted by Gasteiger charge is -2.29. The number of allylic oxidation sites excluding steroid dienone is 3. The van der Waals surface area contributed by atoms with Gasteiger partial charge in [-0.25, -0.2) is 0 Å². The van der Waals surface area contributed by atoms with Crippen molar-refractivity contribution in [1.82, 2.24) is 5.32 Å². The summed E-state index contributed by atoms with van der Waals surface area (Å²) in [5, 5.41) is 13.8. The maximum atomic E-state index is 12.9. The molecule has 0 saturated heterocycles. The number of carbonyl (C=O) groups is 1. The van der Waals surface area contributed by atoms with E-state index in [-0.39, 0.29) is 19.1 Å². The summed E-state index contributed by atoms with van der Waals surface area (Å²) in [6.45, 7) is 4.64. The molecule has 0 aromatic heterocycles. The van der Waals surface area contributed by atoms with Crippen LogP contribution in [0.2, 0.25) is 0 Å². The monoisotopic (exact) mass is 981 g/mol. The molecule has 8 nitrogen and oxygen atoms in total. The number of aliphatic hydroxyl groups excluding tert-OH is 1. The van der Waals surface area contributed by atoms with E-state index in [1.54, 1.807) is 6.08 Å². The number of phosphoric ester groups is 1. The van der Waals surface area contributed by atoms with E-state index in [0.29, 0.717) is 17.4 Å². The molecule has 9 heteroatoms. The van der Waals surface area contributed by atoms with Crippen molar-refractivity contribution in [3.8, 4) is 0 Å². The molecule has 0 bridgehead atoms. The third-order valence-corrected chi connectivity index (χ3v) is 14.6. The van der Waals surface area contributed by atoms with E-state index in [1.807, 2.05) is 27.2 Å². The maximum Gasteiger partial charge on any atom is 0.268 e. The summed E-state index contributed by atoms with van der Waals surface area (Å²) in [5.41, 5.74) is 0. The van der Waals surface area contributed by atoms with Gasteiger partial charge < -0.3 is 28.8 Å². The number of carbonyl (C=O) groups excluding carboxylic acids is 1. The zero-order valence-electron chi connectivity index (χ0n) is 46.1. The fraction of sp³-hybridized carbons (Fsp3) is 0.915. The van der Waals surface area contributed by atoms with E-state index in [0.717, 1.165) is 38.5 Å². The predicted molar refractivity (Wildman–Crippen MR) is 293 cm³/mol. The molecule has 0 fully saturated rings. The fourth-order valence-electron chi connectivity index (χ4n) is 8.97. The van der Waals surface area contributed by atoms with Gasteiger partial charge in [-0.3, -0.25) is 9.36 Å². The van der Waals surface area contributed by atoms with Crippen molar-refractivity contribution < 1.29 is 32.9 Å². The Labute approximate surface area is 424 Å². The molecular weight excluding hydrogens is 864 g/mol. The Morgan fingerprint density at radius 2 is 0.809 bits per heavy atom. The molecular formula is C59H117N2O6P. The first-order valence-electron chi connectivity index (χ1n) is 29.7. The van der Waals surface area contributed by atoms with E-state index in [1.165, 1.54) is 238 Å². The molecule has 0 radical (unpaired) electrons. The number of hydrogen-bond donors (Lipinski definition) is 2. The van der Waals surface area contributed by atoms with Gasteiger partial charge in [0.1, 0.15) is 13.2 Å². The highest BCUT2D eigenvalue weighted by molar-refractivity contribution is 7.45. The lowest BCUT2D eigenvalue weighted by atomic mass is 10.0. The predicted octanol–water partition coefficient (Wildman–Crippen LogP) is 17.4. The smallest absolute Gasteiger partial charge is 0.268 e. The van der Waals surface area contributed by atoms with E-state index in [9.17, 15) is 19.4 Å². The maximum absolute atomic E-state index is 12.9. The molecule has 0 saturated carbocycles. The molecule has 2 N–H and O–H groups in total. The number of nitrogens with zero attached hydrogens (tertiary/aromatic N) is 1. The van der Waals surface area contributed by atoms with Gasteiger partial charge in [-0.05, 0) is 44.9 Å². The van der Waals surface area contributed by atoms with Crippen molar-refractivity contribution in [2.75, 3.05) is 40.9 Å². The number of quaternary nitrogens is 1. The number of hydrogen-bond acceptors (Lipinski definition) is 6. The highest BCUT2D eigenvalue weighted by Crippen LogP contribution is 2.38. The van der Waals surface area contributed by atoms with E-state index < -0.39 is 20.0 Å². The first-order chi connectivity index (χ1) is 33.0. The minimum Gasteiger partial charge on any atom is -0.756 e. The zero-order valence-corrected chi connectivity index (χ0v) is 47.0. The second-order valence-electron chi connectivity index (χ2n) is 21.7. The molecule has 3 unspecified atom stereocenters. The zero-order chi connectivity index (χ0) is 49.9. The Bertz CT molecular complexity index is 1160. The molecule has 3 atom stereocenters. The summed E-state index contributed by atoms with van der Waals surface area (Å²) in [4.78, 5) is 25.3. The van der Waals surface area contributed by atoms with E-state index >= 15 is 0 Å². The molecule has 0 heterocycles. The van der Waals surface area contributed by atoms with Crippen molar-refractivity contribution in [3.05, 3.63) is 24.3 Å². The minimum atomic E-state index is -4.58. The third-order valence-electron chi connectivity index (χ3n) is 13.7. The third kappa shape index (κ3) is 52.8. The Hall–Kier alpha value is -1.02. The van der Waals surface area contributed by atoms with Crippen LogP contribution in [0.15, 0.2) is 24.3 Å². The topological polar surface area (TPSA) is 108 Å². The average molecular weight is 982 g/mol. The fourth-order valence-corrected chi connectivity index (χ4v) is 9.70. The first kappa shape index (κ1) is 67.0. The van der Waals surface area contributed by atoms with Gasteiger partial charge in [-0.1, -0.05) is 269 Å². The van der Waals surface area contributed by atoms with Gasteiger partial charge in [0.05, 0.1) is 39.9 Å². The molecule has 0 aromatic carbocycles. The van der Waals surface area contributed by atoms with Crippen LogP contribution in [-0.2, 0) is 18.4 Å². The first-order valence-corrected chi connectivity index (χ1v) is 31.2. The Balaban J connectivity index is 3.82. The van der Waals surface area contributed by atoms with Crippen molar-refractivity contribution >= 4 is 13.7 Å². The van der Waals surface area contributed by atoms with Crippen molar-refractivity contribution in [1.29, 1.82) is 0 Å². The summed E-state index contributed by atoms with van der Waals surface area (Å²) in [6, 6.07) is -0.882. The number of unbranched alkanes of at least 4 members (excludes halogenated alkanes) is 40. The summed E-state index contributed by atoms with van der Waals surface area (Å²) >= 11 is 0. The quantitative estimate of drug-likeness (QED) is 0.0272. The number of amides is 1. The summed E-state index contributed by atoms with van der Waals surface area (Å²) in [7, 11) is 1.27. The highest BCUT2D eigenvalue weighted by Gasteiger charge is 2.23. The number of phosphoric acid groups is 1. The van der Waals surface area contributed by atoms with Crippen LogP contribution >= 0.6 is 7.82 Å². The number of aliphatic hydroxyl groups is 1. The average Bonchev–Trinajstić information content (AvgIpc) is 3.30. The van der Waals surface area contributed by atoms with Crippen molar-refractivity contribution in [2.45, 2.75) is 309 Å². The van der Waals surface area contributed by atoms with Gasteiger partial charge in [-0.15, -0.1) is 0 Å². The molecule has 404 valence electrons. The van der Waals surface area contributed by atoms with Gasteiger partial charge in [0.25, 0.3) is 7.82 Å². The molecule has 0 aliphatic rings. The Morgan fingerprint density at radius 3 is 1.15 bits per heavy atom. The van der Waals surface area contributed by atoms with Crippen LogP contribution in [0.5, 0.6) is 0 Å². The number of rotatable bonds is 55. The summed E-state index contributed by atoms with van der Waals surface area (Å²) in [6.07, 6.45) is 64.5. The standard InChI is InChI=1S/C59H117N2O6P/c1-6-8-10-12-14-16-17-18-19-20-21-22-23-24-25-26-27-28-29-30-31-32-33-34-35-36-37-38-39-40-41-42-43-45-47-49-51-53-59(63)60-57(56-67-68(64,65)66-55-54-61(3,4)5)58(62)52-50-48-46-44-15-13-11-9-7-2/h28-29,50,52,57-58,62H,6-27,30-49,51,53-56H2,1-5H3,(H-,60,63,64,65)/b29-28-,52-50+. The molecule has 0 aromatic rings. The van der Waals surface area contributed by atoms with Crippen LogP contribution in [0.25, 0.3) is 0 Å². The Morgan fingerprint density at radius 1 is 0.500 bits per heavy atom. The molecule has 1 amide bonds. The van der Waals surface area contributed by atoms with Gasteiger partial charge in [-0.2, -0.15) is 0 Å². The molecule has 68 heavy (non-hydrogen) atoms. The van der Waals surface area contributed by atoms with Gasteiger partial charge >= 0.3 is 0 Å². The SMILES string of the molecule is CCCCCCCCC/C=C/C(O)C(COP(=O)([O-])OCC[N+](C)(C)C)NC(=O)CCCCCCCCCCCCCCCCCCC/C=C\CCCCCCCCCCCCCCCCCC. The molecule has 0 spiro atoms. The lowest BCUT2D eigenvalue weighted by molar-refractivity contribution is -0.870. The lowest BCUT2D eigenvalue weighted by Crippen LogP contribution is -2.45. The molecule has 0 rings (SSSR count). The number of nitrogens with one attached hydrogen (secondary N) is 1. The van der Waals surface area contributed by atoms with Crippen LogP contribution in [-0.4, -0.2) is 68.5 Å². The van der Waals surface area contributed by atoms with Gasteiger partial charge in [0, 0.05) is 6.42 Å². The van der Waals surface area contributed by atoms with E-state index in [2.05, 4.69) is 31.3 Å². The Kier molecular flexibility index (Phi) is 50.1. The van der Waals surface area contributed by atoms with Crippen LogP contribution < -0.4 is 10.2 Å². The largest absolute Gasteiger partial charge is 0.756 e. The van der Waals surface area contributed by atoms with Crippen molar-refractivity contribution in [2.24, 2.45) is 0 Å². The van der Waals surface area contributed by atoms with Gasteiger partial charge in [0.2, 0.25) is 5.91 Å². The van der Waals surface area contributed by atoms with E-state index in [4.69, 9.17) is 9.05 Å². The summed E-state index contributed by atoms with van der Waals surface area (Å²) < 4.78 is 23.2. The second-order valence-corrected chi connectivity index (χ2v) is 23.1. The highest BCUT2D eigenvalue weighted by atomic mass is 31.2. The molecule has 0 aliphatic carbocycles. The molecule has 0 aliphatic heterocycles. The van der Waals surface area contributed by atoms with Crippen LogP contribution in [0.4, 0.5) is 0 Å². The van der Waals surface area contributed by atoms with Crippen LogP contribution in [0, 0.1) is 0 Å². The summed E-state index contributed by atoms with van der Waals surface area (Å²) in [5.74, 6) is -0.196. The van der Waals surface area contributed by atoms with Crippen molar-refractivity contribution in [3.63, 3.8) is 0 Å². The minimum absolute atomic E-state index is 0.000728. The van der Waals surface area contributed by atoms with Crippen LogP contribution in [0.1, 0.15) is 296 Å². The second kappa shape index (κ2) is 50.9. The number of likely N-dealkylation sites (N-methyl/N-ethyl adjacent to an activating group) is 1. The van der Waals surface area contributed by atoms with Gasteiger partial charge in [0.15, 0.2) is 0 Å². The van der Waals surface area contributed by atoms with Crippen LogP contribution in [0.3, 0.4) is 0 Å².